The summed E-state index contributed by atoms with van der Waals surface area (Å²) in [5, 5.41) is 10.2. The molecular weight excluding hydrogens is 671 g/mol. The highest BCUT2D eigenvalue weighted by Gasteiger charge is 2.23. The largest absolute Gasteiger partial charge is 0.311 e. The molecule has 9 rings (SSSR count). The number of fused-ring (bicyclic) bond motifs is 2. The lowest BCUT2D eigenvalue weighted by atomic mass is 9.95. The van der Waals surface area contributed by atoms with Crippen LogP contribution in [0, 0.1) is 0 Å². The van der Waals surface area contributed by atoms with Crippen molar-refractivity contribution < 1.29 is 0 Å². The molecule has 0 aliphatic carbocycles. The molecule has 0 radical (unpaired) electrons. The lowest BCUT2D eigenvalue weighted by Crippen LogP contribution is -2.09. The number of para-hydroxylation sites is 4. The van der Waals surface area contributed by atoms with Gasteiger partial charge >= 0.3 is 0 Å². The van der Waals surface area contributed by atoms with Crippen LogP contribution < -0.4 is 14.2 Å². The lowest BCUT2D eigenvalue weighted by molar-refractivity contribution is 0.535. The number of anilines is 6. The second-order valence-corrected chi connectivity index (χ2v) is 13.3. The van der Waals surface area contributed by atoms with Gasteiger partial charge in [-0.2, -0.15) is 23.7 Å². The number of aromatic nitrogens is 5. The molecule has 8 heteroatoms. The number of hydrogen-bond donors (Lipinski definition) is 0. The maximum absolute atomic E-state index is 5.10. The van der Waals surface area contributed by atoms with E-state index in [0.29, 0.717) is 6.54 Å². The Morgan fingerprint density at radius 2 is 0.849 bits per heavy atom. The van der Waals surface area contributed by atoms with Crippen molar-refractivity contribution in [2.24, 2.45) is 0 Å². The number of hydrogen-bond acceptors (Lipinski definition) is 5. The van der Waals surface area contributed by atoms with Gasteiger partial charge in [0.15, 0.2) is 0 Å². The van der Waals surface area contributed by atoms with E-state index < -0.39 is 0 Å². The fourth-order valence-corrected chi connectivity index (χ4v) is 7.59. The Morgan fingerprint density at radius 1 is 0.472 bits per heavy atom. The molecule has 53 heavy (non-hydrogen) atoms. The van der Waals surface area contributed by atoms with Gasteiger partial charge in [-0.15, -0.1) is 0 Å². The van der Waals surface area contributed by atoms with E-state index in [1.807, 2.05) is 29.1 Å². The average molecular weight is 706 g/mol. The quantitative estimate of drug-likeness (QED) is 0.132. The van der Waals surface area contributed by atoms with Crippen molar-refractivity contribution >= 4 is 67.9 Å². The van der Waals surface area contributed by atoms with E-state index in [0.717, 1.165) is 84.9 Å². The van der Waals surface area contributed by atoms with E-state index >= 15 is 0 Å². The minimum atomic E-state index is 0.714. The number of nitrogens with zero attached hydrogens (tertiary/aromatic N) is 7. The molecule has 0 fully saturated rings. The van der Waals surface area contributed by atoms with Crippen molar-refractivity contribution in [3.63, 3.8) is 0 Å². The standard InChI is InChI=1S/C45H35N7S/c1-2-31-50-46-42-40(32-23-27-38(28-24-32)51(34-15-7-3-8-16-34)35-17-9-4-10-18-35)44-45(49-53-48-44)41(43(42)47-50)33-25-29-39(30-26-33)52(36-19-11-5-12-20-36)37-21-13-6-14-22-37/h3-30H,2,31H2,1H3. The van der Waals surface area contributed by atoms with Crippen LogP contribution in [0.5, 0.6) is 0 Å². The summed E-state index contributed by atoms with van der Waals surface area (Å²) < 4.78 is 9.80. The van der Waals surface area contributed by atoms with Crippen LogP contribution in [-0.4, -0.2) is 19.4 Å². The molecule has 9 aromatic rings. The Morgan fingerprint density at radius 3 is 1.26 bits per heavy atom. The van der Waals surface area contributed by atoms with Crippen LogP contribution in [0.2, 0.25) is 0 Å². The zero-order valence-electron chi connectivity index (χ0n) is 29.1. The van der Waals surface area contributed by atoms with Gasteiger partial charge in [-0.1, -0.05) is 104 Å². The smallest absolute Gasteiger partial charge is 0.279 e. The Labute approximate surface area is 312 Å². The third-order valence-corrected chi connectivity index (χ3v) is 9.93. The summed E-state index contributed by atoms with van der Waals surface area (Å²) >= 11 is 1.23. The summed E-state index contributed by atoms with van der Waals surface area (Å²) in [6.07, 6.45) is 0.920. The van der Waals surface area contributed by atoms with Gasteiger partial charge in [-0.3, -0.25) is 0 Å². The highest BCUT2D eigenvalue weighted by atomic mass is 32.1. The Bertz CT molecular complexity index is 2350. The van der Waals surface area contributed by atoms with E-state index in [9.17, 15) is 0 Å². The molecule has 0 amide bonds. The molecule has 0 bridgehead atoms. The lowest BCUT2D eigenvalue weighted by Gasteiger charge is -2.25. The normalized spacial score (nSPS) is 11.3. The molecule has 0 aliphatic heterocycles. The zero-order chi connectivity index (χ0) is 35.6. The molecule has 2 heterocycles. The van der Waals surface area contributed by atoms with Gasteiger partial charge in [0, 0.05) is 56.3 Å². The molecule has 0 unspecified atom stereocenters. The van der Waals surface area contributed by atoms with Crippen molar-refractivity contribution in [3.8, 4) is 22.3 Å². The van der Waals surface area contributed by atoms with Crippen LogP contribution in [0.3, 0.4) is 0 Å². The van der Waals surface area contributed by atoms with E-state index in [-0.39, 0.29) is 0 Å². The maximum atomic E-state index is 5.10. The number of rotatable bonds is 10. The first kappa shape index (κ1) is 32.3. The van der Waals surface area contributed by atoms with Gasteiger partial charge in [0.25, 0.3) is 11.7 Å². The van der Waals surface area contributed by atoms with Crippen molar-refractivity contribution in [2.45, 2.75) is 19.9 Å². The van der Waals surface area contributed by atoms with Crippen LogP contribution in [-0.2, 0) is 6.54 Å². The molecule has 0 atom stereocenters. The summed E-state index contributed by atoms with van der Waals surface area (Å²) in [7, 11) is 0. The molecule has 0 aliphatic rings. The van der Waals surface area contributed by atoms with Crippen LogP contribution >= 0.6 is 11.7 Å². The van der Waals surface area contributed by atoms with E-state index in [1.165, 1.54) is 11.7 Å². The zero-order valence-corrected chi connectivity index (χ0v) is 29.9. The predicted molar refractivity (Wildman–Crippen MR) is 219 cm³/mol. The van der Waals surface area contributed by atoms with Crippen LogP contribution in [0.4, 0.5) is 34.1 Å². The molecule has 7 aromatic carbocycles. The van der Waals surface area contributed by atoms with Crippen molar-refractivity contribution in [1.82, 2.24) is 23.7 Å². The number of benzene rings is 7. The van der Waals surface area contributed by atoms with Crippen LogP contribution in [0.25, 0.3) is 44.3 Å². The molecule has 256 valence electrons. The number of aryl methyl sites for hydroxylation is 1. The molecule has 0 saturated heterocycles. The molecule has 2 aromatic heterocycles. The minimum absolute atomic E-state index is 0.714. The molecular formula is C45H35N7S. The van der Waals surface area contributed by atoms with E-state index in [4.69, 9.17) is 18.9 Å². The summed E-state index contributed by atoms with van der Waals surface area (Å²) in [4.78, 5) is 6.35. The minimum Gasteiger partial charge on any atom is -0.311 e. The summed E-state index contributed by atoms with van der Waals surface area (Å²) in [5.41, 5.74) is 13.7. The van der Waals surface area contributed by atoms with Crippen molar-refractivity contribution in [2.75, 3.05) is 9.80 Å². The van der Waals surface area contributed by atoms with Gasteiger partial charge in [0.1, 0.15) is 11.0 Å². The Balaban J connectivity index is 1.16. The SMILES string of the molecule is CCCn1nc2c(-c3ccc(N(c4ccccc4)c4ccccc4)cc3)c3n[s+][n-]c3c(-c3ccc(N(c4ccccc4)c4ccccc4)cc3)c2n1. The average Bonchev–Trinajstić information content (AvgIpc) is 3.87. The van der Waals surface area contributed by atoms with E-state index in [2.05, 4.69) is 162 Å². The van der Waals surface area contributed by atoms with Crippen molar-refractivity contribution in [1.29, 1.82) is 0 Å². The van der Waals surface area contributed by atoms with E-state index in [1.54, 1.807) is 0 Å². The molecule has 7 nitrogen and oxygen atoms in total. The second kappa shape index (κ2) is 14.2. The maximum Gasteiger partial charge on any atom is 0.279 e. The van der Waals surface area contributed by atoms with Crippen LogP contribution in [0.15, 0.2) is 170 Å². The van der Waals surface area contributed by atoms with Gasteiger partial charge in [-0.05, 0) is 90.3 Å². The van der Waals surface area contributed by atoms with Crippen LogP contribution in [0.1, 0.15) is 13.3 Å². The summed E-state index contributed by atoms with van der Waals surface area (Å²) in [6, 6.07) is 59.1. The molecule has 0 N–H and O–H groups in total. The monoisotopic (exact) mass is 705 g/mol. The second-order valence-electron chi connectivity index (χ2n) is 12.8. The Hall–Kier alpha value is -6.64. The third kappa shape index (κ3) is 6.09. The highest BCUT2D eigenvalue weighted by Crippen LogP contribution is 2.43. The fraction of sp³-hybridized carbons (Fsp3) is 0.0667. The van der Waals surface area contributed by atoms with Gasteiger partial charge in [0.2, 0.25) is 0 Å². The topological polar surface area (TPSA) is 64.2 Å². The van der Waals surface area contributed by atoms with Gasteiger partial charge in [0.05, 0.1) is 6.54 Å². The highest BCUT2D eigenvalue weighted by molar-refractivity contribution is 7.00. The van der Waals surface area contributed by atoms with Gasteiger partial charge < -0.3 is 9.80 Å². The van der Waals surface area contributed by atoms with Crippen molar-refractivity contribution in [3.05, 3.63) is 170 Å². The van der Waals surface area contributed by atoms with Gasteiger partial charge in [-0.25, -0.2) is 0 Å². The summed E-state index contributed by atoms with van der Waals surface area (Å²) in [5.74, 6) is 0. The molecule has 0 saturated carbocycles. The third-order valence-electron chi connectivity index (χ3n) is 9.40. The predicted octanol–water partition coefficient (Wildman–Crippen LogP) is 12.0. The first-order chi connectivity index (χ1) is 26.3. The fourth-order valence-electron chi connectivity index (χ4n) is 7.03. The Kier molecular flexibility index (Phi) is 8.63. The first-order valence-corrected chi connectivity index (χ1v) is 18.5. The summed E-state index contributed by atoms with van der Waals surface area (Å²) in [6.45, 7) is 2.86. The first-order valence-electron chi connectivity index (χ1n) is 17.8. The molecule has 0 spiro atoms.